The molecule has 2 heterocycles. The van der Waals surface area contributed by atoms with Crippen molar-refractivity contribution >= 4 is 11.8 Å². The van der Waals surface area contributed by atoms with Crippen LogP contribution in [0, 0.1) is 0 Å². The standard InChI is InChI=1S/C12H10N2O/c1-2-11-9-7-13-10-6-4-3-5-8(10)12(9)14-15-11/h2-6,13H,1,7H2. The largest absolute Gasteiger partial charge is 0.380 e. The molecule has 1 aromatic carbocycles. The number of hydrogen-bond donors (Lipinski definition) is 1. The summed E-state index contributed by atoms with van der Waals surface area (Å²) in [6, 6.07) is 8.08. The summed E-state index contributed by atoms with van der Waals surface area (Å²) in [7, 11) is 0. The van der Waals surface area contributed by atoms with Crippen molar-refractivity contribution in [2.75, 3.05) is 5.32 Å². The van der Waals surface area contributed by atoms with E-state index in [-0.39, 0.29) is 0 Å². The van der Waals surface area contributed by atoms with Gasteiger partial charge in [-0.15, -0.1) is 0 Å². The number of fused-ring (bicyclic) bond motifs is 3. The normalized spacial score (nSPS) is 12.5. The van der Waals surface area contributed by atoms with E-state index in [1.54, 1.807) is 6.08 Å². The van der Waals surface area contributed by atoms with Crippen molar-refractivity contribution in [1.82, 2.24) is 5.16 Å². The predicted molar refractivity (Wildman–Crippen MR) is 59.4 cm³/mol. The van der Waals surface area contributed by atoms with Crippen molar-refractivity contribution in [1.29, 1.82) is 0 Å². The molecule has 0 fully saturated rings. The minimum absolute atomic E-state index is 0.747. The zero-order valence-electron chi connectivity index (χ0n) is 8.16. The highest BCUT2D eigenvalue weighted by atomic mass is 16.5. The Labute approximate surface area is 87.4 Å². The summed E-state index contributed by atoms with van der Waals surface area (Å²) in [5, 5.41) is 7.41. The molecule has 3 rings (SSSR count). The third-order valence-corrected chi connectivity index (χ3v) is 2.64. The first-order chi connectivity index (χ1) is 7.40. The molecule has 0 unspecified atom stereocenters. The van der Waals surface area contributed by atoms with E-state index in [0.29, 0.717) is 0 Å². The third-order valence-electron chi connectivity index (χ3n) is 2.64. The molecule has 0 bridgehead atoms. The molecule has 2 aromatic rings. The minimum atomic E-state index is 0.747. The molecule has 0 saturated carbocycles. The van der Waals surface area contributed by atoms with E-state index in [0.717, 1.165) is 34.8 Å². The maximum Gasteiger partial charge on any atom is 0.164 e. The van der Waals surface area contributed by atoms with Crippen LogP contribution >= 0.6 is 0 Å². The molecule has 1 aliphatic rings. The van der Waals surface area contributed by atoms with E-state index in [2.05, 4.69) is 17.1 Å². The molecular weight excluding hydrogens is 188 g/mol. The molecule has 1 N–H and O–H groups in total. The lowest BCUT2D eigenvalue weighted by atomic mass is 10.0. The van der Waals surface area contributed by atoms with Gasteiger partial charge in [-0.1, -0.05) is 29.9 Å². The number of nitrogens with one attached hydrogen (secondary N) is 1. The summed E-state index contributed by atoms with van der Waals surface area (Å²) in [6.07, 6.45) is 1.70. The van der Waals surface area contributed by atoms with Gasteiger partial charge in [0.15, 0.2) is 5.76 Å². The van der Waals surface area contributed by atoms with Gasteiger partial charge in [0.2, 0.25) is 0 Å². The second kappa shape index (κ2) is 2.98. The monoisotopic (exact) mass is 198 g/mol. The van der Waals surface area contributed by atoms with Gasteiger partial charge in [-0.3, -0.25) is 0 Å². The smallest absolute Gasteiger partial charge is 0.164 e. The summed E-state index contributed by atoms with van der Waals surface area (Å²) >= 11 is 0. The quantitative estimate of drug-likeness (QED) is 0.765. The van der Waals surface area contributed by atoms with E-state index in [1.807, 2.05) is 24.3 Å². The van der Waals surface area contributed by atoms with Crippen LogP contribution < -0.4 is 5.32 Å². The lowest BCUT2D eigenvalue weighted by molar-refractivity contribution is 0.414. The van der Waals surface area contributed by atoms with Crippen molar-refractivity contribution in [2.45, 2.75) is 6.54 Å². The average Bonchev–Trinajstić information content (AvgIpc) is 2.72. The van der Waals surface area contributed by atoms with E-state index in [1.165, 1.54) is 0 Å². The first-order valence-corrected chi connectivity index (χ1v) is 4.84. The molecule has 3 nitrogen and oxygen atoms in total. The van der Waals surface area contributed by atoms with E-state index in [4.69, 9.17) is 4.52 Å². The molecule has 0 radical (unpaired) electrons. The van der Waals surface area contributed by atoms with Crippen molar-refractivity contribution in [3.63, 3.8) is 0 Å². The molecule has 0 amide bonds. The van der Waals surface area contributed by atoms with Crippen molar-refractivity contribution < 1.29 is 4.52 Å². The zero-order valence-corrected chi connectivity index (χ0v) is 8.16. The van der Waals surface area contributed by atoms with Gasteiger partial charge in [0, 0.05) is 23.4 Å². The number of anilines is 1. The van der Waals surface area contributed by atoms with Crippen LogP contribution in [0.25, 0.3) is 17.3 Å². The number of para-hydroxylation sites is 1. The fraction of sp³-hybridized carbons (Fsp3) is 0.0833. The molecular formula is C12H10N2O. The van der Waals surface area contributed by atoms with Crippen LogP contribution in [-0.2, 0) is 6.54 Å². The molecule has 0 aliphatic carbocycles. The van der Waals surface area contributed by atoms with Gasteiger partial charge in [-0.25, -0.2) is 0 Å². The number of aromatic nitrogens is 1. The maximum absolute atomic E-state index is 5.22. The molecule has 0 spiro atoms. The van der Waals surface area contributed by atoms with Gasteiger partial charge in [0.1, 0.15) is 5.69 Å². The molecule has 1 aliphatic heterocycles. The average molecular weight is 198 g/mol. The summed E-state index contributed by atoms with van der Waals surface area (Å²) in [5.41, 5.74) is 4.22. The SMILES string of the molecule is C=Cc1onc2c1CNc1ccccc1-2. The van der Waals surface area contributed by atoms with Crippen LogP contribution in [0.2, 0.25) is 0 Å². The van der Waals surface area contributed by atoms with Crippen molar-refractivity contribution in [3.8, 4) is 11.3 Å². The first kappa shape index (κ1) is 8.29. The number of hydrogen-bond acceptors (Lipinski definition) is 3. The fourth-order valence-corrected chi connectivity index (χ4v) is 1.89. The Hall–Kier alpha value is -2.03. The Morgan fingerprint density at radius 2 is 2.27 bits per heavy atom. The van der Waals surface area contributed by atoms with Crippen LogP contribution in [-0.4, -0.2) is 5.16 Å². The molecule has 15 heavy (non-hydrogen) atoms. The van der Waals surface area contributed by atoms with Gasteiger partial charge in [-0.05, 0) is 12.1 Å². The van der Waals surface area contributed by atoms with Gasteiger partial charge >= 0.3 is 0 Å². The maximum atomic E-state index is 5.22. The Bertz CT molecular complexity index is 528. The van der Waals surface area contributed by atoms with Crippen LogP contribution in [0.4, 0.5) is 5.69 Å². The van der Waals surface area contributed by atoms with E-state index in [9.17, 15) is 0 Å². The van der Waals surface area contributed by atoms with Gasteiger partial charge in [0.05, 0.1) is 0 Å². The summed E-state index contributed by atoms with van der Waals surface area (Å²) in [4.78, 5) is 0. The van der Waals surface area contributed by atoms with Gasteiger partial charge < -0.3 is 9.84 Å². The molecule has 0 saturated heterocycles. The van der Waals surface area contributed by atoms with Crippen LogP contribution in [0.3, 0.4) is 0 Å². The summed E-state index contributed by atoms with van der Waals surface area (Å²) in [5.74, 6) is 0.756. The molecule has 1 aromatic heterocycles. The molecule has 0 atom stereocenters. The Morgan fingerprint density at radius 1 is 1.40 bits per heavy atom. The third kappa shape index (κ3) is 1.09. The topological polar surface area (TPSA) is 38.1 Å². The van der Waals surface area contributed by atoms with Crippen LogP contribution in [0.5, 0.6) is 0 Å². The fourth-order valence-electron chi connectivity index (χ4n) is 1.89. The van der Waals surface area contributed by atoms with Gasteiger partial charge in [0.25, 0.3) is 0 Å². The number of benzene rings is 1. The van der Waals surface area contributed by atoms with E-state index >= 15 is 0 Å². The first-order valence-electron chi connectivity index (χ1n) is 4.84. The highest BCUT2D eigenvalue weighted by molar-refractivity contribution is 5.81. The summed E-state index contributed by atoms with van der Waals surface area (Å²) < 4.78 is 5.22. The Kier molecular flexibility index (Phi) is 1.65. The molecule has 3 heteroatoms. The number of nitrogens with zero attached hydrogens (tertiary/aromatic N) is 1. The zero-order chi connectivity index (χ0) is 10.3. The highest BCUT2D eigenvalue weighted by Crippen LogP contribution is 2.36. The van der Waals surface area contributed by atoms with Crippen molar-refractivity contribution in [3.05, 3.63) is 42.2 Å². The Balaban J connectivity index is 2.26. The van der Waals surface area contributed by atoms with Crippen molar-refractivity contribution in [2.24, 2.45) is 0 Å². The second-order valence-corrected chi connectivity index (χ2v) is 3.48. The van der Waals surface area contributed by atoms with Crippen LogP contribution in [0.15, 0.2) is 35.4 Å². The van der Waals surface area contributed by atoms with Crippen LogP contribution in [0.1, 0.15) is 11.3 Å². The van der Waals surface area contributed by atoms with E-state index < -0.39 is 0 Å². The number of rotatable bonds is 1. The Morgan fingerprint density at radius 3 is 3.13 bits per heavy atom. The lowest BCUT2D eigenvalue weighted by Gasteiger charge is -2.16. The lowest BCUT2D eigenvalue weighted by Crippen LogP contribution is -2.07. The van der Waals surface area contributed by atoms with Gasteiger partial charge in [-0.2, -0.15) is 0 Å². The minimum Gasteiger partial charge on any atom is -0.380 e. The predicted octanol–water partition coefficient (Wildman–Crippen LogP) is 2.91. The summed E-state index contributed by atoms with van der Waals surface area (Å²) in [6.45, 7) is 4.45. The second-order valence-electron chi connectivity index (χ2n) is 3.48. The highest BCUT2D eigenvalue weighted by Gasteiger charge is 2.21. The molecule has 74 valence electrons.